The number of pyridine rings is 1. The van der Waals surface area contributed by atoms with Crippen LogP contribution >= 0.6 is 0 Å². The van der Waals surface area contributed by atoms with Crippen molar-refractivity contribution in [3.63, 3.8) is 0 Å². The number of nitrogens with zero attached hydrogens (tertiary/aromatic N) is 5. The molecule has 3 aromatic rings. The molecule has 0 amide bonds. The van der Waals surface area contributed by atoms with Gasteiger partial charge >= 0.3 is 0 Å². The smallest absolute Gasteiger partial charge is 0.269 e. The lowest BCUT2D eigenvalue weighted by Crippen LogP contribution is -2.07. The zero-order valence-corrected chi connectivity index (χ0v) is 14.0. The summed E-state index contributed by atoms with van der Waals surface area (Å²) < 4.78 is 2.08. The molecule has 3 rings (SSSR count). The van der Waals surface area contributed by atoms with Gasteiger partial charge in [-0.15, -0.1) is 10.2 Å². The molecule has 0 aliphatic heterocycles. The normalized spacial score (nSPS) is 10.8. The fourth-order valence-electron chi connectivity index (χ4n) is 2.64. The molecule has 0 aliphatic carbocycles. The predicted molar refractivity (Wildman–Crippen MR) is 94.1 cm³/mol. The molecular formula is C18H19N5O2. The van der Waals surface area contributed by atoms with Crippen LogP contribution in [0.2, 0.25) is 0 Å². The summed E-state index contributed by atoms with van der Waals surface area (Å²) in [6.07, 6.45) is 6.42. The van der Waals surface area contributed by atoms with E-state index in [-0.39, 0.29) is 5.69 Å². The maximum absolute atomic E-state index is 10.8. The highest BCUT2D eigenvalue weighted by atomic mass is 16.6. The molecule has 0 saturated carbocycles. The van der Waals surface area contributed by atoms with Crippen molar-refractivity contribution in [2.45, 2.75) is 32.7 Å². The lowest BCUT2D eigenvalue weighted by molar-refractivity contribution is -0.384. The van der Waals surface area contributed by atoms with Gasteiger partial charge in [-0.3, -0.25) is 15.1 Å². The van der Waals surface area contributed by atoms with Crippen LogP contribution in [0.4, 0.5) is 5.69 Å². The summed E-state index contributed by atoms with van der Waals surface area (Å²) in [5.74, 6) is 1.71. The van der Waals surface area contributed by atoms with Gasteiger partial charge in [0.05, 0.1) is 11.5 Å². The fourth-order valence-corrected chi connectivity index (χ4v) is 2.64. The third kappa shape index (κ3) is 3.88. The topological polar surface area (TPSA) is 86.7 Å². The first kappa shape index (κ1) is 16.8. The molecule has 7 nitrogen and oxygen atoms in total. The van der Waals surface area contributed by atoms with Gasteiger partial charge in [0.25, 0.3) is 5.69 Å². The van der Waals surface area contributed by atoms with Gasteiger partial charge in [-0.25, -0.2) is 0 Å². The predicted octanol–water partition coefficient (Wildman–Crippen LogP) is 3.64. The Morgan fingerprint density at radius 3 is 2.44 bits per heavy atom. The van der Waals surface area contributed by atoms with Gasteiger partial charge < -0.3 is 4.57 Å². The van der Waals surface area contributed by atoms with Crippen LogP contribution in [0.15, 0.2) is 48.8 Å². The molecule has 0 saturated heterocycles. The molecule has 2 heterocycles. The summed E-state index contributed by atoms with van der Waals surface area (Å²) in [6, 6.07) is 10.4. The Balaban J connectivity index is 1.94. The Morgan fingerprint density at radius 1 is 1.08 bits per heavy atom. The minimum absolute atomic E-state index is 0.0908. The fraction of sp³-hybridized carbons (Fsp3) is 0.278. The number of unbranched alkanes of at least 4 members (excludes halogenated alkanes) is 1. The standard InChI is InChI=1S/C18H19N5O2/c1-2-3-4-17-20-21-18(15-9-11-19-12-10-15)22(17)13-14-5-7-16(8-6-14)23(24)25/h5-12H,2-4,13H2,1H3. The van der Waals surface area contributed by atoms with E-state index < -0.39 is 4.92 Å². The second-order valence-corrected chi connectivity index (χ2v) is 5.79. The van der Waals surface area contributed by atoms with E-state index >= 15 is 0 Å². The first-order valence-corrected chi connectivity index (χ1v) is 8.25. The molecule has 0 radical (unpaired) electrons. The molecule has 0 unspecified atom stereocenters. The SMILES string of the molecule is CCCCc1nnc(-c2ccncc2)n1Cc1ccc([N+](=O)[O-])cc1. The van der Waals surface area contributed by atoms with Crippen LogP contribution in [0.3, 0.4) is 0 Å². The van der Waals surface area contributed by atoms with E-state index in [9.17, 15) is 10.1 Å². The number of hydrogen-bond donors (Lipinski definition) is 0. The zero-order valence-electron chi connectivity index (χ0n) is 14.0. The van der Waals surface area contributed by atoms with Gasteiger partial charge in [0.15, 0.2) is 5.82 Å². The van der Waals surface area contributed by atoms with Crippen molar-refractivity contribution in [3.8, 4) is 11.4 Å². The van der Waals surface area contributed by atoms with Crippen molar-refractivity contribution in [3.05, 3.63) is 70.3 Å². The van der Waals surface area contributed by atoms with Gasteiger partial charge in [0, 0.05) is 36.5 Å². The minimum atomic E-state index is -0.391. The average molecular weight is 337 g/mol. The van der Waals surface area contributed by atoms with Crippen molar-refractivity contribution in [1.29, 1.82) is 0 Å². The van der Waals surface area contributed by atoms with Gasteiger partial charge in [-0.1, -0.05) is 25.5 Å². The van der Waals surface area contributed by atoms with E-state index in [0.717, 1.165) is 42.0 Å². The van der Waals surface area contributed by atoms with Crippen molar-refractivity contribution in [2.24, 2.45) is 0 Å². The third-order valence-corrected chi connectivity index (χ3v) is 4.01. The van der Waals surface area contributed by atoms with Crippen molar-refractivity contribution < 1.29 is 4.92 Å². The van der Waals surface area contributed by atoms with Crippen molar-refractivity contribution in [1.82, 2.24) is 19.7 Å². The number of rotatable bonds is 7. The van der Waals surface area contributed by atoms with E-state index in [1.807, 2.05) is 12.1 Å². The second kappa shape index (κ2) is 7.65. The Morgan fingerprint density at radius 2 is 1.80 bits per heavy atom. The number of aryl methyl sites for hydroxylation is 1. The summed E-state index contributed by atoms with van der Waals surface area (Å²) >= 11 is 0. The molecule has 1 aromatic carbocycles. The van der Waals surface area contributed by atoms with Gasteiger partial charge in [0.2, 0.25) is 0 Å². The number of hydrogen-bond acceptors (Lipinski definition) is 5. The highest BCUT2D eigenvalue weighted by Crippen LogP contribution is 2.21. The van der Waals surface area contributed by atoms with Gasteiger partial charge in [-0.2, -0.15) is 0 Å². The van der Waals surface area contributed by atoms with Crippen LogP contribution in [0.5, 0.6) is 0 Å². The Bertz CT molecular complexity index is 844. The molecular weight excluding hydrogens is 318 g/mol. The second-order valence-electron chi connectivity index (χ2n) is 5.79. The maximum atomic E-state index is 10.8. The highest BCUT2D eigenvalue weighted by molar-refractivity contribution is 5.54. The first-order valence-electron chi connectivity index (χ1n) is 8.25. The largest absolute Gasteiger partial charge is 0.307 e. The Labute approximate surface area is 145 Å². The van der Waals surface area contributed by atoms with Crippen LogP contribution in [0.1, 0.15) is 31.2 Å². The monoisotopic (exact) mass is 337 g/mol. The van der Waals surface area contributed by atoms with Crippen LogP contribution in [0.25, 0.3) is 11.4 Å². The lowest BCUT2D eigenvalue weighted by Gasteiger charge is -2.10. The van der Waals surface area contributed by atoms with E-state index in [2.05, 4.69) is 26.7 Å². The molecule has 7 heteroatoms. The highest BCUT2D eigenvalue weighted by Gasteiger charge is 2.14. The van der Waals surface area contributed by atoms with Crippen LogP contribution in [-0.2, 0) is 13.0 Å². The number of nitro benzene ring substituents is 1. The first-order chi connectivity index (χ1) is 12.2. The van der Waals surface area contributed by atoms with Gasteiger partial charge in [-0.05, 0) is 24.1 Å². The Kier molecular flexibility index (Phi) is 5.13. The van der Waals surface area contributed by atoms with E-state index in [1.165, 1.54) is 12.1 Å². The minimum Gasteiger partial charge on any atom is -0.307 e. The summed E-state index contributed by atoms with van der Waals surface area (Å²) in [4.78, 5) is 14.5. The molecule has 128 valence electrons. The van der Waals surface area contributed by atoms with Crippen LogP contribution in [-0.4, -0.2) is 24.7 Å². The third-order valence-electron chi connectivity index (χ3n) is 4.01. The molecule has 0 bridgehead atoms. The van der Waals surface area contributed by atoms with Gasteiger partial charge in [0.1, 0.15) is 5.82 Å². The summed E-state index contributed by atoms with van der Waals surface area (Å²) in [5.41, 5.74) is 2.01. The number of benzene rings is 1. The van der Waals surface area contributed by atoms with E-state index in [0.29, 0.717) is 6.54 Å². The number of non-ortho nitro benzene ring substituents is 1. The Hall–Kier alpha value is -3.09. The molecule has 2 aromatic heterocycles. The molecule has 0 fully saturated rings. The quantitative estimate of drug-likeness (QED) is 0.485. The zero-order chi connectivity index (χ0) is 17.6. The average Bonchev–Trinajstić information content (AvgIpc) is 3.03. The van der Waals surface area contributed by atoms with Crippen LogP contribution in [0, 0.1) is 10.1 Å². The molecule has 0 N–H and O–H groups in total. The molecule has 0 spiro atoms. The lowest BCUT2D eigenvalue weighted by atomic mass is 10.1. The van der Waals surface area contributed by atoms with Crippen LogP contribution < -0.4 is 0 Å². The van der Waals surface area contributed by atoms with E-state index in [4.69, 9.17) is 0 Å². The molecule has 0 atom stereocenters. The van der Waals surface area contributed by atoms with Crippen molar-refractivity contribution in [2.75, 3.05) is 0 Å². The molecule has 25 heavy (non-hydrogen) atoms. The van der Waals surface area contributed by atoms with E-state index in [1.54, 1.807) is 24.5 Å². The summed E-state index contributed by atoms with van der Waals surface area (Å²) in [6.45, 7) is 2.71. The number of aromatic nitrogens is 4. The maximum Gasteiger partial charge on any atom is 0.269 e. The molecule has 0 aliphatic rings. The summed E-state index contributed by atoms with van der Waals surface area (Å²) in [7, 11) is 0. The summed E-state index contributed by atoms with van der Waals surface area (Å²) in [5, 5.41) is 19.5. The van der Waals surface area contributed by atoms with Crippen molar-refractivity contribution >= 4 is 5.69 Å². The number of nitro groups is 1.